The molecule has 1 amide bonds. The number of alkyl halides is 3. The minimum Gasteiger partial charge on any atom is -0.380 e. The SMILES string of the molecule is CC(C)(C[C@@](O)(Cc1cc2cc(S(C)(=O)=O)ncc2[nH]1)C(F)(F)F)c1c(C(N)=O)cc(F)cc1P(=O)(O)O. The second kappa shape index (κ2) is 9.42. The molecule has 2 heterocycles. The number of carbonyl (C=O) groups is 1. The molecule has 1 aromatic carbocycles. The number of carbonyl (C=O) groups excluding carboxylic acids is 1. The first-order valence-corrected chi connectivity index (χ1v) is 14.2. The summed E-state index contributed by atoms with van der Waals surface area (Å²) in [6, 6.07) is 3.30. The van der Waals surface area contributed by atoms with Crippen molar-refractivity contribution in [2.45, 2.75) is 48.9 Å². The molecule has 6 N–H and O–H groups in total. The number of aliphatic hydroxyl groups is 1. The number of pyridine rings is 1. The number of aromatic nitrogens is 2. The van der Waals surface area contributed by atoms with E-state index in [1.54, 1.807) is 0 Å². The van der Waals surface area contributed by atoms with Gasteiger partial charge >= 0.3 is 13.8 Å². The van der Waals surface area contributed by atoms with Gasteiger partial charge in [0.1, 0.15) is 5.82 Å². The van der Waals surface area contributed by atoms with Gasteiger partial charge in [0, 0.05) is 29.3 Å². The summed E-state index contributed by atoms with van der Waals surface area (Å²) in [4.78, 5) is 37.9. The number of aromatic amines is 1. The fourth-order valence-electron chi connectivity index (χ4n) is 4.49. The molecule has 3 rings (SSSR count). The molecule has 0 aliphatic carbocycles. The monoisotopic (exact) mass is 581 g/mol. The van der Waals surface area contributed by atoms with Crippen LogP contribution in [0.15, 0.2) is 35.5 Å². The van der Waals surface area contributed by atoms with Gasteiger partial charge in [-0.2, -0.15) is 13.2 Å². The van der Waals surface area contributed by atoms with E-state index in [4.69, 9.17) is 5.73 Å². The highest BCUT2D eigenvalue weighted by molar-refractivity contribution is 7.90. The minimum absolute atomic E-state index is 0.160. The molecule has 0 bridgehead atoms. The molecule has 0 saturated carbocycles. The van der Waals surface area contributed by atoms with Crippen LogP contribution in [-0.4, -0.2) is 57.2 Å². The van der Waals surface area contributed by atoms with Crippen LogP contribution in [0.1, 0.15) is 41.9 Å². The number of hydrogen-bond acceptors (Lipinski definition) is 6. The van der Waals surface area contributed by atoms with Crippen molar-refractivity contribution < 1.29 is 50.2 Å². The third kappa shape index (κ3) is 5.91. The lowest BCUT2D eigenvalue weighted by molar-refractivity contribution is -0.266. The van der Waals surface area contributed by atoms with Crippen LogP contribution in [0, 0.1) is 5.82 Å². The predicted octanol–water partition coefficient (Wildman–Crippen LogP) is 2.21. The lowest BCUT2D eigenvalue weighted by Gasteiger charge is -2.39. The van der Waals surface area contributed by atoms with Gasteiger partial charge in [-0.05, 0) is 41.7 Å². The summed E-state index contributed by atoms with van der Waals surface area (Å²) in [5.41, 5.74) is -1.63. The summed E-state index contributed by atoms with van der Waals surface area (Å²) < 4.78 is 92.6. The van der Waals surface area contributed by atoms with E-state index in [2.05, 4.69) is 9.97 Å². The van der Waals surface area contributed by atoms with E-state index in [1.807, 2.05) is 0 Å². The van der Waals surface area contributed by atoms with Crippen molar-refractivity contribution in [3.63, 3.8) is 0 Å². The summed E-state index contributed by atoms with van der Waals surface area (Å²) in [5.74, 6) is -2.59. The van der Waals surface area contributed by atoms with E-state index in [-0.39, 0.29) is 21.6 Å². The van der Waals surface area contributed by atoms with Crippen molar-refractivity contribution in [2.24, 2.45) is 5.73 Å². The summed E-state index contributed by atoms with van der Waals surface area (Å²) >= 11 is 0. The number of fused-ring (bicyclic) bond motifs is 1. The molecule has 0 aliphatic heterocycles. The van der Waals surface area contributed by atoms with Crippen molar-refractivity contribution in [3.8, 4) is 0 Å². The standard InChI is InChI=1S/C22H24F4N3O7PS/c1-20(2,18-14(19(27)30)6-12(23)7-16(18)37(32,33)34)10-21(31,22(24,25)26)8-13-4-11-5-17(38(3,35)36)28-9-15(11)29-13/h4-7,9,29,31H,8,10H2,1-3H3,(H2,27,30)(H2,32,33,34)/t21-/m0/s1. The highest BCUT2D eigenvalue weighted by Crippen LogP contribution is 2.46. The number of primary amides is 1. The van der Waals surface area contributed by atoms with Gasteiger partial charge in [-0.1, -0.05) is 13.8 Å². The number of nitrogens with one attached hydrogen (secondary N) is 1. The van der Waals surface area contributed by atoms with Crippen LogP contribution in [0.5, 0.6) is 0 Å². The molecule has 38 heavy (non-hydrogen) atoms. The zero-order valence-electron chi connectivity index (χ0n) is 20.2. The highest BCUT2D eigenvalue weighted by Gasteiger charge is 2.56. The number of rotatable bonds is 8. The van der Waals surface area contributed by atoms with Gasteiger partial charge in [-0.15, -0.1) is 0 Å². The Morgan fingerprint density at radius 3 is 2.26 bits per heavy atom. The maximum absolute atomic E-state index is 14.3. The van der Waals surface area contributed by atoms with Crippen molar-refractivity contribution >= 4 is 39.5 Å². The van der Waals surface area contributed by atoms with Gasteiger partial charge in [0.05, 0.1) is 17.0 Å². The Bertz CT molecular complexity index is 1580. The number of amides is 1. The third-order valence-electron chi connectivity index (χ3n) is 6.00. The molecule has 3 aromatic rings. The summed E-state index contributed by atoms with van der Waals surface area (Å²) in [6.45, 7) is 2.19. The predicted molar refractivity (Wildman–Crippen MR) is 128 cm³/mol. The van der Waals surface area contributed by atoms with Gasteiger partial charge in [0.15, 0.2) is 20.5 Å². The van der Waals surface area contributed by atoms with Gasteiger partial charge in [0.2, 0.25) is 5.91 Å². The Labute approximate surface area is 214 Å². The molecule has 208 valence electrons. The maximum Gasteiger partial charge on any atom is 0.417 e. The van der Waals surface area contributed by atoms with E-state index in [0.29, 0.717) is 12.1 Å². The normalized spacial score (nSPS) is 15.0. The van der Waals surface area contributed by atoms with Crippen molar-refractivity contribution in [3.05, 3.63) is 53.1 Å². The molecule has 2 aromatic heterocycles. The molecule has 10 nitrogen and oxygen atoms in total. The number of sulfone groups is 1. The average Bonchev–Trinajstić information content (AvgIpc) is 3.11. The number of nitrogens with zero attached hydrogens (tertiary/aromatic N) is 1. The highest BCUT2D eigenvalue weighted by atomic mass is 32.2. The molecule has 0 spiro atoms. The van der Waals surface area contributed by atoms with E-state index in [9.17, 15) is 50.2 Å². The van der Waals surface area contributed by atoms with E-state index in [1.165, 1.54) is 6.07 Å². The molecule has 16 heteroatoms. The zero-order chi connectivity index (χ0) is 29.1. The first-order chi connectivity index (χ1) is 17.0. The Morgan fingerprint density at radius 2 is 1.76 bits per heavy atom. The third-order valence-corrected chi connectivity index (χ3v) is 7.96. The van der Waals surface area contributed by atoms with Crippen molar-refractivity contribution in [1.29, 1.82) is 0 Å². The number of hydrogen-bond donors (Lipinski definition) is 5. The Morgan fingerprint density at radius 1 is 1.16 bits per heavy atom. The molecule has 0 fully saturated rings. The van der Waals surface area contributed by atoms with Gasteiger partial charge < -0.3 is 25.6 Å². The smallest absolute Gasteiger partial charge is 0.380 e. The van der Waals surface area contributed by atoms with E-state index >= 15 is 0 Å². The van der Waals surface area contributed by atoms with Gasteiger partial charge in [0.25, 0.3) is 0 Å². The van der Waals surface area contributed by atoms with Gasteiger partial charge in [-0.3, -0.25) is 9.36 Å². The topological polar surface area (TPSA) is 184 Å². The lowest BCUT2D eigenvalue weighted by atomic mass is 9.72. The number of benzene rings is 1. The maximum atomic E-state index is 14.3. The molecule has 0 aliphatic rings. The molecule has 0 radical (unpaired) electrons. The molecule has 0 unspecified atom stereocenters. The molecule has 1 atom stereocenters. The van der Waals surface area contributed by atoms with E-state index in [0.717, 1.165) is 32.4 Å². The van der Waals surface area contributed by atoms with Crippen LogP contribution in [-0.2, 0) is 26.2 Å². The van der Waals surface area contributed by atoms with Gasteiger partial charge in [-0.25, -0.2) is 17.8 Å². The van der Waals surface area contributed by atoms with Crippen molar-refractivity contribution in [1.82, 2.24) is 9.97 Å². The summed E-state index contributed by atoms with van der Waals surface area (Å²) in [5, 5.41) is 9.80. The van der Waals surface area contributed by atoms with Crippen LogP contribution in [0.25, 0.3) is 10.9 Å². The first kappa shape index (κ1) is 29.7. The number of H-pyrrole nitrogens is 1. The number of nitrogens with two attached hydrogens (primary N) is 1. The number of halogens is 4. The lowest BCUT2D eigenvalue weighted by Crippen LogP contribution is -2.51. The van der Waals surface area contributed by atoms with Crippen LogP contribution < -0.4 is 11.0 Å². The Hall–Kier alpha value is -2.84. The molecular weight excluding hydrogens is 557 g/mol. The Kier molecular flexibility index (Phi) is 7.36. The first-order valence-electron chi connectivity index (χ1n) is 10.7. The minimum atomic E-state index is -5.33. The second-order valence-corrected chi connectivity index (χ2v) is 13.2. The van der Waals surface area contributed by atoms with Crippen molar-refractivity contribution in [2.75, 3.05) is 6.26 Å². The molecular formula is C22H24F4N3O7PS. The average molecular weight is 581 g/mol. The van der Waals surface area contributed by atoms with E-state index < -0.39 is 75.6 Å². The fourth-order valence-corrected chi connectivity index (χ4v) is 6.09. The quantitative estimate of drug-likeness (QED) is 0.198. The molecule has 0 saturated heterocycles. The largest absolute Gasteiger partial charge is 0.417 e. The Balaban J connectivity index is 2.14. The van der Waals surface area contributed by atoms with Crippen LogP contribution in [0.4, 0.5) is 17.6 Å². The van der Waals surface area contributed by atoms with Crippen LogP contribution in [0.2, 0.25) is 0 Å². The summed E-state index contributed by atoms with van der Waals surface area (Å²) in [6.07, 6.45) is -5.62. The zero-order valence-corrected chi connectivity index (χ0v) is 21.9. The van der Waals surface area contributed by atoms with Crippen LogP contribution >= 0.6 is 7.60 Å². The van der Waals surface area contributed by atoms with Crippen LogP contribution in [0.3, 0.4) is 0 Å². The summed E-state index contributed by atoms with van der Waals surface area (Å²) in [7, 11) is -9.04. The second-order valence-electron chi connectivity index (χ2n) is 9.70. The fraction of sp³-hybridized carbons (Fsp3) is 0.364.